The van der Waals surface area contributed by atoms with Crippen LogP contribution in [-0.2, 0) is 10.0 Å². The van der Waals surface area contributed by atoms with Crippen LogP contribution in [0.4, 0.5) is 0 Å². The van der Waals surface area contributed by atoms with Gasteiger partial charge in [-0.05, 0) is 63.0 Å². The summed E-state index contributed by atoms with van der Waals surface area (Å²) in [6.45, 7) is 3.91. The number of aryl methyl sites for hydroxylation is 1. The van der Waals surface area contributed by atoms with Gasteiger partial charge in [-0.3, -0.25) is 0 Å². The van der Waals surface area contributed by atoms with Crippen molar-refractivity contribution in [3.05, 3.63) is 23.8 Å². The molecule has 22 heavy (non-hydrogen) atoms. The van der Waals surface area contributed by atoms with Gasteiger partial charge in [-0.2, -0.15) is 4.31 Å². The predicted octanol–water partition coefficient (Wildman–Crippen LogP) is 2.05. The van der Waals surface area contributed by atoms with Crippen LogP contribution in [0.15, 0.2) is 23.1 Å². The Balaban J connectivity index is 0.00000242. The second-order valence-electron chi connectivity index (χ2n) is 5.56. The second-order valence-corrected chi connectivity index (χ2v) is 7.50. The van der Waals surface area contributed by atoms with Crippen molar-refractivity contribution < 1.29 is 13.2 Å². The minimum atomic E-state index is -3.41. The summed E-state index contributed by atoms with van der Waals surface area (Å²) in [4.78, 5) is 0.353. The highest BCUT2D eigenvalue weighted by molar-refractivity contribution is 7.89. The molecule has 0 bridgehead atoms. The molecule has 2 rings (SSSR count). The lowest BCUT2D eigenvalue weighted by molar-refractivity contribution is 0.263. The number of benzene rings is 1. The fourth-order valence-electron chi connectivity index (χ4n) is 2.86. The molecule has 1 N–H and O–H groups in total. The average molecular weight is 349 g/mol. The normalized spacial score (nSPS) is 19.5. The number of rotatable bonds is 5. The van der Waals surface area contributed by atoms with Crippen LogP contribution in [0.1, 0.15) is 18.4 Å². The van der Waals surface area contributed by atoms with E-state index >= 15 is 0 Å². The number of methoxy groups -OCH3 is 1. The molecule has 0 amide bonds. The van der Waals surface area contributed by atoms with Crippen molar-refractivity contribution in [1.29, 1.82) is 0 Å². The minimum Gasteiger partial charge on any atom is -0.496 e. The number of halogens is 1. The molecular formula is C15H25ClN2O3S. The molecule has 7 heteroatoms. The molecule has 1 saturated heterocycles. The SMILES string of the molecule is CNCC1CCCN(S(=O)(=O)c2ccc(OC)c(C)c2)C1.Cl. The maximum Gasteiger partial charge on any atom is 0.243 e. The molecule has 0 spiro atoms. The van der Waals surface area contributed by atoms with Crippen molar-refractivity contribution >= 4 is 22.4 Å². The predicted molar refractivity (Wildman–Crippen MR) is 90.4 cm³/mol. The van der Waals surface area contributed by atoms with E-state index in [1.807, 2.05) is 14.0 Å². The largest absolute Gasteiger partial charge is 0.496 e. The van der Waals surface area contributed by atoms with Crippen LogP contribution in [0.5, 0.6) is 5.75 Å². The van der Waals surface area contributed by atoms with Crippen LogP contribution in [0.2, 0.25) is 0 Å². The van der Waals surface area contributed by atoms with E-state index < -0.39 is 10.0 Å². The van der Waals surface area contributed by atoms with Gasteiger partial charge in [-0.1, -0.05) is 0 Å². The average Bonchev–Trinajstić information content (AvgIpc) is 2.48. The van der Waals surface area contributed by atoms with Crippen LogP contribution in [0, 0.1) is 12.8 Å². The van der Waals surface area contributed by atoms with Crippen molar-refractivity contribution in [2.75, 3.05) is 33.8 Å². The maximum absolute atomic E-state index is 12.8. The standard InChI is InChI=1S/C15H24N2O3S.ClH/c1-12-9-14(6-7-15(12)20-3)21(18,19)17-8-4-5-13(11-17)10-16-2;/h6-7,9,13,16H,4-5,8,10-11H2,1-3H3;1H. The second kappa shape index (κ2) is 8.15. The van der Waals surface area contributed by atoms with Gasteiger partial charge < -0.3 is 10.1 Å². The first-order valence-electron chi connectivity index (χ1n) is 7.28. The lowest BCUT2D eigenvalue weighted by Crippen LogP contribution is -2.42. The van der Waals surface area contributed by atoms with Crippen molar-refractivity contribution in [3.63, 3.8) is 0 Å². The summed E-state index contributed by atoms with van der Waals surface area (Å²) in [6, 6.07) is 5.04. The molecule has 1 atom stereocenters. The van der Waals surface area contributed by atoms with E-state index in [2.05, 4.69) is 5.32 Å². The highest BCUT2D eigenvalue weighted by Gasteiger charge is 2.30. The number of piperidine rings is 1. The molecule has 126 valence electrons. The molecule has 1 aromatic rings. The number of nitrogens with one attached hydrogen (secondary N) is 1. The summed E-state index contributed by atoms with van der Waals surface area (Å²) in [5, 5.41) is 3.14. The molecule has 1 fully saturated rings. The van der Waals surface area contributed by atoms with Crippen molar-refractivity contribution in [1.82, 2.24) is 9.62 Å². The van der Waals surface area contributed by atoms with Crippen LogP contribution < -0.4 is 10.1 Å². The topological polar surface area (TPSA) is 58.6 Å². The van der Waals surface area contributed by atoms with Crippen LogP contribution in [0.25, 0.3) is 0 Å². The first kappa shape index (κ1) is 19.2. The summed E-state index contributed by atoms with van der Waals surface area (Å²) >= 11 is 0. The summed E-state index contributed by atoms with van der Waals surface area (Å²) < 4.78 is 32.3. The van der Waals surface area contributed by atoms with Crippen molar-refractivity contribution in [2.45, 2.75) is 24.7 Å². The number of sulfonamides is 1. The number of nitrogens with zero attached hydrogens (tertiary/aromatic N) is 1. The van der Waals surface area contributed by atoms with Gasteiger partial charge in [0.25, 0.3) is 0 Å². The monoisotopic (exact) mass is 348 g/mol. The van der Waals surface area contributed by atoms with E-state index in [9.17, 15) is 8.42 Å². The Morgan fingerprint density at radius 1 is 1.41 bits per heavy atom. The summed E-state index contributed by atoms with van der Waals surface area (Å²) in [6.07, 6.45) is 2.00. The molecule has 0 saturated carbocycles. The van der Waals surface area contributed by atoms with Gasteiger partial charge in [0.05, 0.1) is 12.0 Å². The number of ether oxygens (including phenoxy) is 1. The zero-order chi connectivity index (χ0) is 15.5. The summed E-state index contributed by atoms with van der Waals surface area (Å²) in [5.74, 6) is 1.10. The van der Waals surface area contributed by atoms with Gasteiger partial charge in [0.15, 0.2) is 0 Å². The molecule has 1 aromatic carbocycles. The van der Waals surface area contributed by atoms with Gasteiger partial charge in [0.1, 0.15) is 5.75 Å². The number of hydrogen-bond donors (Lipinski definition) is 1. The molecule has 0 radical (unpaired) electrons. The Hall–Kier alpha value is -0.820. The Morgan fingerprint density at radius 3 is 2.73 bits per heavy atom. The van der Waals surface area contributed by atoms with Crippen LogP contribution >= 0.6 is 12.4 Å². The Kier molecular flexibility index (Phi) is 7.12. The first-order chi connectivity index (χ1) is 9.98. The summed E-state index contributed by atoms with van der Waals surface area (Å²) in [7, 11) is 0.0791. The first-order valence-corrected chi connectivity index (χ1v) is 8.72. The molecule has 1 aliphatic heterocycles. The highest BCUT2D eigenvalue weighted by atomic mass is 35.5. The van der Waals surface area contributed by atoms with E-state index in [1.165, 1.54) is 0 Å². The third kappa shape index (κ3) is 4.13. The molecule has 0 aromatic heterocycles. The molecular weight excluding hydrogens is 324 g/mol. The summed E-state index contributed by atoms with van der Waals surface area (Å²) in [5.41, 5.74) is 0.836. The molecule has 1 unspecified atom stereocenters. The fourth-order valence-corrected chi connectivity index (χ4v) is 4.50. The number of hydrogen-bond acceptors (Lipinski definition) is 4. The van der Waals surface area contributed by atoms with Gasteiger partial charge in [-0.15, -0.1) is 12.4 Å². The molecule has 0 aliphatic carbocycles. The lowest BCUT2D eigenvalue weighted by atomic mass is 10.00. The van der Waals surface area contributed by atoms with Gasteiger partial charge >= 0.3 is 0 Å². The fraction of sp³-hybridized carbons (Fsp3) is 0.600. The van der Waals surface area contributed by atoms with E-state index in [0.717, 1.165) is 24.9 Å². The zero-order valence-electron chi connectivity index (χ0n) is 13.3. The Bertz CT molecular complexity index is 590. The third-order valence-corrected chi connectivity index (χ3v) is 5.84. The maximum atomic E-state index is 12.8. The van der Waals surface area contributed by atoms with Gasteiger partial charge in [-0.25, -0.2) is 8.42 Å². The van der Waals surface area contributed by atoms with E-state index in [0.29, 0.717) is 29.7 Å². The van der Waals surface area contributed by atoms with Crippen LogP contribution in [0.3, 0.4) is 0 Å². The molecule has 1 aliphatic rings. The van der Waals surface area contributed by atoms with E-state index in [1.54, 1.807) is 29.6 Å². The van der Waals surface area contributed by atoms with Gasteiger partial charge in [0, 0.05) is 13.1 Å². The van der Waals surface area contributed by atoms with E-state index in [4.69, 9.17) is 4.74 Å². The molecule has 1 heterocycles. The Labute approximate surface area is 139 Å². The highest BCUT2D eigenvalue weighted by Crippen LogP contribution is 2.26. The van der Waals surface area contributed by atoms with Crippen molar-refractivity contribution in [2.24, 2.45) is 5.92 Å². The van der Waals surface area contributed by atoms with Crippen LogP contribution in [-0.4, -0.2) is 46.5 Å². The molecule has 5 nitrogen and oxygen atoms in total. The smallest absolute Gasteiger partial charge is 0.243 e. The Morgan fingerprint density at radius 2 is 2.14 bits per heavy atom. The van der Waals surface area contributed by atoms with E-state index in [-0.39, 0.29) is 12.4 Å². The lowest BCUT2D eigenvalue weighted by Gasteiger charge is -2.32. The third-order valence-electron chi connectivity index (χ3n) is 3.98. The quantitative estimate of drug-likeness (QED) is 0.884. The van der Waals surface area contributed by atoms with Crippen molar-refractivity contribution in [3.8, 4) is 5.75 Å². The minimum absolute atomic E-state index is 0. The zero-order valence-corrected chi connectivity index (χ0v) is 15.0. The van der Waals surface area contributed by atoms with Gasteiger partial charge in [0.2, 0.25) is 10.0 Å².